The van der Waals surface area contributed by atoms with Crippen LogP contribution in [0.5, 0.6) is 5.75 Å². The van der Waals surface area contributed by atoms with Gasteiger partial charge in [0.15, 0.2) is 10.1 Å². The molecule has 0 atom stereocenters. The number of imidazole rings is 1. The van der Waals surface area contributed by atoms with Crippen molar-refractivity contribution in [3.8, 4) is 5.75 Å². The van der Waals surface area contributed by atoms with Gasteiger partial charge >= 0.3 is 0 Å². The van der Waals surface area contributed by atoms with Crippen molar-refractivity contribution in [3.05, 3.63) is 52.8 Å². The van der Waals surface area contributed by atoms with E-state index < -0.39 is 0 Å². The second-order valence-electron chi connectivity index (χ2n) is 6.20. The highest BCUT2D eigenvalue weighted by molar-refractivity contribution is 7.15. The fourth-order valence-electron chi connectivity index (χ4n) is 2.47. The van der Waals surface area contributed by atoms with Crippen molar-refractivity contribution in [1.29, 1.82) is 0 Å². The number of rotatable bonds is 8. The number of carbonyl (C=O) groups excluding carboxylic acids is 1. The molecular weight excluding hydrogens is 384 g/mol. The summed E-state index contributed by atoms with van der Waals surface area (Å²) in [6, 6.07) is 7.32. The van der Waals surface area contributed by atoms with E-state index in [4.69, 9.17) is 16.3 Å². The zero-order chi connectivity index (χ0) is 19.2. The van der Waals surface area contributed by atoms with Crippen LogP contribution in [-0.2, 0) is 4.79 Å². The first-order chi connectivity index (χ1) is 13.0. The number of nitrogens with one attached hydrogen (secondary N) is 1. The number of anilines is 1. The van der Waals surface area contributed by atoms with Crippen LogP contribution >= 0.6 is 22.9 Å². The summed E-state index contributed by atoms with van der Waals surface area (Å²) in [4.78, 5) is 19.3. The van der Waals surface area contributed by atoms with Gasteiger partial charge in [0.25, 0.3) is 0 Å². The molecule has 0 saturated heterocycles. The number of amides is 1. The quantitative estimate of drug-likeness (QED) is 0.455. The van der Waals surface area contributed by atoms with Crippen molar-refractivity contribution in [3.63, 3.8) is 0 Å². The fourth-order valence-corrected chi connectivity index (χ4v) is 3.48. The first-order valence-corrected chi connectivity index (χ1v) is 9.76. The van der Waals surface area contributed by atoms with Gasteiger partial charge in [-0.25, -0.2) is 4.98 Å². The van der Waals surface area contributed by atoms with E-state index in [-0.39, 0.29) is 5.91 Å². The lowest BCUT2D eigenvalue weighted by molar-refractivity contribution is -0.111. The Morgan fingerprint density at radius 2 is 2.15 bits per heavy atom. The van der Waals surface area contributed by atoms with Gasteiger partial charge in [0, 0.05) is 29.9 Å². The Morgan fingerprint density at radius 1 is 1.37 bits per heavy atom. The summed E-state index contributed by atoms with van der Waals surface area (Å²) in [5, 5.41) is 5.11. The molecule has 1 amide bonds. The molecule has 3 aromatic rings. The maximum Gasteiger partial charge on any atom is 0.248 e. The van der Waals surface area contributed by atoms with Gasteiger partial charge in [-0.05, 0) is 50.9 Å². The number of ether oxygens (including phenoxy) is 1. The Kier molecular flexibility index (Phi) is 6.49. The standard InChI is InChI=1S/C19H21ClN4O2S/c1-23(2)10-3-12-26-15-6-4-14(5-7-15)21-17(25)9-8-16-18(20)22-19-24(16)11-13-27-19/h4-9,11,13H,3,10,12H2,1-2H3,(H,21,25). The predicted octanol–water partition coefficient (Wildman–Crippen LogP) is 4.03. The van der Waals surface area contributed by atoms with Crippen molar-refractivity contribution >= 4 is 45.6 Å². The average molecular weight is 405 g/mol. The molecule has 8 heteroatoms. The zero-order valence-electron chi connectivity index (χ0n) is 15.2. The molecule has 0 bridgehead atoms. The van der Waals surface area contributed by atoms with Crippen LogP contribution in [0, 0.1) is 0 Å². The summed E-state index contributed by atoms with van der Waals surface area (Å²) < 4.78 is 7.53. The molecule has 0 spiro atoms. The lowest BCUT2D eigenvalue weighted by atomic mass is 10.3. The van der Waals surface area contributed by atoms with Gasteiger partial charge in [0.05, 0.1) is 12.3 Å². The largest absolute Gasteiger partial charge is 0.494 e. The molecule has 27 heavy (non-hydrogen) atoms. The monoisotopic (exact) mass is 404 g/mol. The van der Waals surface area contributed by atoms with E-state index in [2.05, 4.69) is 15.2 Å². The molecule has 0 aliphatic heterocycles. The third-order valence-electron chi connectivity index (χ3n) is 3.79. The number of halogens is 1. The van der Waals surface area contributed by atoms with E-state index in [1.807, 2.05) is 54.3 Å². The van der Waals surface area contributed by atoms with Crippen LogP contribution in [0.25, 0.3) is 11.0 Å². The molecule has 0 saturated carbocycles. The van der Waals surface area contributed by atoms with Crippen LogP contribution in [-0.4, -0.2) is 47.4 Å². The van der Waals surface area contributed by atoms with Crippen LogP contribution in [0.2, 0.25) is 5.15 Å². The fraction of sp³-hybridized carbons (Fsp3) is 0.263. The minimum atomic E-state index is -0.240. The molecular formula is C19H21ClN4O2S. The number of carbonyl (C=O) groups is 1. The summed E-state index contributed by atoms with van der Waals surface area (Å²) in [6.07, 6.45) is 5.93. The van der Waals surface area contributed by atoms with Crippen molar-refractivity contribution in [2.24, 2.45) is 0 Å². The van der Waals surface area contributed by atoms with Gasteiger partial charge in [-0.1, -0.05) is 11.6 Å². The molecule has 142 valence electrons. The maximum absolute atomic E-state index is 12.1. The molecule has 0 aliphatic rings. The van der Waals surface area contributed by atoms with Gasteiger partial charge in [-0.15, -0.1) is 11.3 Å². The highest BCUT2D eigenvalue weighted by Crippen LogP contribution is 2.22. The number of hydrogen-bond acceptors (Lipinski definition) is 5. The Morgan fingerprint density at radius 3 is 2.89 bits per heavy atom. The Hall–Kier alpha value is -2.35. The maximum atomic E-state index is 12.1. The third-order valence-corrected chi connectivity index (χ3v) is 4.82. The first kappa shape index (κ1) is 19.4. The normalized spacial score (nSPS) is 11.6. The van der Waals surface area contributed by atoms with E-state index >= 15 is 0 Å². The number of benzene rings is 1. The molecule has 0 radical (unpaired) electrons. The van der Waals surface area contributed by atoms with Gasteiger partial charge in [-0.3, -0.25) is 9.20 Å². The molecule has 1 aromatic carbocycles. The van der Waals surface area contributed by atoms with Crippen molar-refractivity contribution in [1.82, 2.24) is 14.3 Å². The summed E-state index contributed by atoms with van der Waals surface area (Å²) in [5.41, 5.74) is 1.38. The highest BCUT2D eigenvalue weighted by Gasteiger charge is 2.08. The number of thiazole rings is 1. The zero-order valence-corrected chi connectivity index (χ0v) is 16.8. The topological polar surface area (TPSA) is 58.9 Å². The van der Waals surface area contributed by atoms with E-state index in [1.54, 1.807) is 6.08 Å². The van der Waals surface area contributed by atoms with Crippen LogP contribution in [0.15, 0.2) is 41.9 Å². The number of aromatic nitrogens is 2. The van der Waals surface area contributed by atoms with Crippen LogP contribution in [0.1, 0.15) is 12.1 Å². The second-order valence-corrected chi connectivity index (χ2v) is 7.43. The van der Waals surface area contributed by atoms with Gasteiger partial charge < -0.3 is 15.0 Å². The summed E-state index contributed by atoms with van der Waals surface area (Å²) in [7, 11) is 4.08. The highest BCUT2D eigenvalue weighted by atomic mass is 35.5. The average Bonchev–Trinajstić information content (AvgIpc) is 3.19. The molecule has 2 aromatic heterocycles. The van der Waals surface area contributed by atoms with Gasteiger partial charge in [0.1, 0.15) is 5.75 Å². The van der Waals surface area contributed by atoms with Crippen molar-refractivity contribution < 1.29 is 9.53 Å². The van der Waals surface area contributed by atoms with E-state index in [9.17, 15) is 4.79 Å². The molecule has 2 heterocycles. The van der Waals surface area contributed by atoms with Crippen LogP contribution in [0.3, 0.4) is 0 Å². The summed E-state index contributed by atoms with van der Waals surface area (Å²) in [6.45, 7) is 1.65. The summed E-state index contributed by atoms with van der Waals surface area (Å²) >= 11 is 7.60. The Bertz CT molecular complexity index is 931. The molecule has 6 nitrogen and oxygen atoms in total. The lowest BCUT2D eigenvalue weighted by Crippen LogP contribution is -2.15. The number of nitrogens with zero attached hydrogens (tertiary/aromatic N) is 3. The lowest BCUT2D eigenvalue weighted by Gasteiger charge is -2.10. The molecule has 3 rings (SSSR count). The van der Waals surface area contributed by atoms with E-state index in [0.29, 0.717) is 23.1 Å². The van der Waals surface area contributed by atoms with Gasteiger partial charge in [-0.2, -0.15) is 0 Å². The predicted molar refractivity (Wildman–Crippen MR) is 111 cm³/mol. The SMILES string of the molecule is CN(C)CCCOc1ccc(NC(=O)C=Cc2c(Cl)nc3sccn23)cc1. The van der Waals surface area contributed by atoms with Crippen molar-refractivity contribution in [2.75, 3.05) is 32.6 Å². The van der Waals surface area contributed by atoms with Crippen LogP contribution in [0.4, 0.5) is 5.69 Å². The number of fused-ring (bicyclic) bond motifs is 1. The third kappa shape index (κ3) is 5.32. The second kappa shape index (κ2) is 9.03. The van der Waals surface area contributed by atoms with E-state index in [0.717, 1.165) is 23.7 Å². The molecule has 1 N–H and O–H groups in total. The van der Waals surface area contributed by atoms with Gasteiger partial charge in [0.2, 0.25) is 5.91 Å². The summed E-state index contributed by atoms with van der Waals surface area (Å²) in [5.74, 6) is 0.545. The van der Waals surface area contributed by atoms with E-state index in [1.165, 1.54) is 17.4 Å². The smallest absolute Gasteiger partial charge is 0.248 e. The minimum Gasteiger partial charge on any atom is -0.494 e. The molecule has 0 aliphatic carbocycles. The number of hydrogen-bond donors (Lipinski definition) is 1. The molecule has 0 unspecified atom stereocenters. The Balaban J connectivity index is 1.53. The molecule has 0 fully saturated rings. The minimum absolute atomic E-state index is 0.240. The Labute approximate surface area is 167 Å². The van der Waals surface area contributed by atoms with Crippen LogP contribution < -0.4 is 10.1 Å². The first-order valence-electron chi connectivity index (χ1n) is 8.50. The van der Waals surface area contributed by atoms with Crippen molar-refractivity contribution in [2.45, 2.75) is 6.42 Å².